The van der Waals surface area contributed by atoms with Gasteiger partial charge in [0.1, 0.15) is 0 Å². The second-order valence-electron chi connectivity index (χ2n) is 10.3. The van der Waals surface area contributed by atoms with Gasteiger partial charge in [0.05, 0.1) is 5.92 Å². The summed E-state index contributed by atoms with van der Waals surface area (Å²) in [6, 6.07) is 1.14. The molecule has 0 N–H and O–H groups in total. The quantitative estimate of drug-likeness (QED) is 0.546. The standard InChI is InChI=1S/C23H35F3N/c24-23(25,26)20-11-5-2-8-16(20)14-27-21-12-6-4-10-18(21)19-13-15-7-1-3-9-17(15)22(19)27/h13,15-22H,1-12,14H2. The molecule has 5 rings (SSSR count). The number of hydrogen-bond donors (Lipinski definition) is 0. The molecule has 4 saturated carbocycles. The van der Waals surface area contributed by atoms with Gasteiger partial charge in [-0.05, 0) is 74.5 Å². The summed E-state index contributed by atoms with van der Waals surface area (Å²) in [5, 5.41) is 0. The van der Waals surface area contributed by atoms with Crippen LogP contribution in [-0.4, -0.2) is 29.7 Å². The Morgan fingerprint density at radius 2 is 1.44 bits per heavy atom. The number of alkyl halides is 3. The van der Waals surface area contributed by atoms with E-state index in [1.807, 2.05) is 0 Å². The minimum Gasteiger partial charge on any atom is -0.296 e. The van der Waals surface area contributed by atoms with E-state index in [1.165, 1.54) is 51.4 Å². The summed E-state index contributed by atoms with van der Waals surface area (Å²) in [6.07, 6.45) is 12.1. The van der Waals surface area contributed by atoms with E-state index in [-0.39, 0.29) is 5.92 Å². The van der Waals surface area contributed by atoms with Crippen molar-refractivity contribution >= 4 is 0 Å². The maximum absolute atomic E-state index is 13.7. The lowest BCUT2D eigenvalue weighted by Crippen LogP contribution is -2.48. The Labute approximate surface area is 162 Å². The Morgan fingerprint density at radius 3 is 2.26 bits per heavy atom. The molecule has 0 aromatic carbocycles. The second kappa shape index (κ2) is 7.22. The van der Waals surface area contributed by atoms with E-state index in [2.05, 4.69) is 11.3 Å². The molecule has 5 aliphatic rings. The maximum atomic E-state index is 13.7. The number of likely N-dealkylation sites (tertiary alicyclic amines) is 1. The van der Waals surface area contributed by atoms with Gasteiger partial charge in [-0.1, -0.05) is 38.5 Å². The molecule has 153 valence electrons. The molecule has 5 fully saturated rings. The van der Waals surface area contributed by atoms with Crippen molar-refractivity contribution in [3.63, 3.8) is 0 Å². The molecule has 1 aliphatic heterocycles. The lowest BCUT2D eigenvalue weighted by atomic mass is 9.76. The van der Waals surface area contributed by atoms with Crippen LogP contribution in [-0.2, 0) is 0 Å². The fourth-order valence-corrected chi connectivity index (χ4v) is 8.01. The zero-order chi connectivity index (χ0) is 18.6. The van der Waals surface area contributed by atoms with Crippen molar-refractivity contribution in [2.45, 2.75) is 95.3 Å². The highest BCUT2D eigenvalue weighted by Gasteiger charge is 2.58. The van der Waals surface area contributed by atoms with Gasteiger partial charge in [0.2, 0.25) is 0 Å². The summed E-state index contributed by atoms with van der Waals surface area (Å²) >= 11 is 0. The molecule has 4 heteroatoms. The van der Waals surface area contributed by atoms with Crippen LogP contribution in [0.25, 0.3) is 0 Å². The molecule has 8 unspecified atom stereocenters. The average Bonchev–Trinajstić information content (AvgIpc) is 3.18. The zero-order valence-electron chi connectivity index (χ0n) is 16.5. The van der Waals surface area contributed by atoms with Gasteiger partial charge in [0.25, 0.3) is 0 Å². The predicted octanol–water partition coefficient (Wildman–Crippen LogP) is 6.24. The molecule has 0 spiro atoms. The van der Waals surface area contributed by atoms with Gasteiger partial charge >= 0.3 is 6.18 Å². The summed E-state index contributed by atoms with van der Waals surface area (Å²) < 4.78 is 41.1. The predicted molar refractivity (Wildman–Crippen MR) is 101 cm³/mol. The molecule has 8 atom stereocenters. The van der Waals surface area contributed by atoms with Crippen LogP contribution in [0, 0.1) is 41.9 Å². The Kier molecular flexibility index (Phi) is 5.01. The fraction of sp³-hybridized carbons (Fsp3) is 0.957. The largest absolute Gasteiger partial charge is 0.392 e. The molecule has 1 saturated heterocycles. The third kappa shape index (κ3) is 3.26. The molecule has 1 nitrogen and oxygen atoms in total. The highest BCUT2D eigenvalue weighted by molar-refractivity contribution is 5.16. The highest BCUT2D eigenvalue weighted by atomic mass is 19.4. The van der Waals surface area contributed by atoms with Crippen molar-refractivity contribution in [2.24, 2.45) is 35.5 Å². The summed E-state index contributed by atoms with van der Waals surface area (Å²) in [7, 11) is 0. The summed E-state index contributed by atoms with van der Waals surface area (Å²) in [6.45, 7) is 0.726. The van der Waals surface area contributed by atoms with Crippen molar-refractivity contribution in [2.75, 3.05) is 6.54 Å². The van der Waals surface area contributed by atoms with Crippen LogP contribution in [0.2, 0.25) is 0 Å². The minimum atomic E-state index is -4.01. The lowest BCUT2D eigenvalue weighted by Gasteiger charge is -2.43. The SMILES string of the molecule is FC(F)(F)C1CCCCC1CN1C2CCCCC2C2[CH]C3CCCCC3C21. The first-order valence-corrected chi connectivity index (χ1v) is 11.7. The molecule has 4 aliphatic carbocycles. The van der Waals surface area contributed by atoms with Gasteiger partial charge in [-0.2, -0.15) is 13.2 Å². The maximum Gasteiger partial charge on any atom is 0.392 e. The van der Waals surface area contributed by atoms with Crippen LogP contribution in [0.3, 0.4) is 0 Å². The van der Waals surface area contributed by atoms with Gasteiger partial charge in [-0.15, -0.1) is 0 Å². The monoisotopic (exact) mass is 382 g/mol. The number of fused-ring (bicyclic) bond motifs is 5. The Balaban J connectivity index is 1.40. The molecule has 0 bridgehead atoms. The minimum absolute atomic E-state index is 0.164. The van der Waals surface area contributed by atoms with E-state index in [0.717, 1.165) is 43.6 Å². The molecular formula is C23H35F3N. The van der Waals surface area contributed by atoms with Gasteiger partial charge < -0.3 is 0 Å². The number of hydrogen-bond acceptors (Lipinski definition) is 1. The average molecular weight is 383 g/mol. The summed E-state index contributed by atoms with van der Waals surface area (Å²) in [5.41, 5.74) is 0. The number of nitrogens with zero attached hydrogens (tertiary/aromatic N) is 1. The Bertz CT molecular complexity index is 530. The van der Waals surface area contributed by atoms with Crippen LogP contribution >= 0.6 is 0 Å². The first-order valence-electron chi connectivity index (χ1n) is 11.7. The number of halogens is 3. The van der Waals surface area contributed by atoms with Crippen LogP contribution in [0.4, 0.5) is 13.2 Å². The molecular weight excluding hydrogens is 347 g/mol. The highest BCUT2D eigenvalue weighted by Crippen LogP contribution is 2.57. The topological polar surface area (TPSA) is 3.24 Å². The van der Waals surface area contributed by atoms with Crippen molar-refractivity contribution in [1.29, 1.82) is 0 Å². The van der Waals surface area contributed by atoms with E-state index >= 15 is 0 Å². The van der Waals surface area contributed by atoms with Gasteiger partial charge in [0, 0.05) is 18.6 Å². The second-order valence-corrected chi connectivity index (χ2v) is 10.3. The van der Waals surface area contributed by atoms with E-state index < -0.39 is 12.1 Å². The Hall–Kier alpha value is -0.250. The summed E-state index contributed by atoms with van der Waals surface area (Å²) in [4.78, 5) is 2.68. The van der Waals surface area contributed by atoms with Crippen molar-refractivity contribution < 1.29 is 13.2 Å². The lowest BCUT2D eigenvalue weighted by molar-refractivity contribution is -0.199. The van der Waals surface area contributed by atoms with E-state index in [4.69, 9.17) is 0 Å². The molecule has 1 heterocycles. The first-order chi connectivity index (χ1) is 13.0. The van der Waals surface area contributed by atoms with Gasteiger partial charge in [-0.25, -0.2) is 0 Å². The van der Waals surface area contributed by atoms with E-state index in [9.17, 15) is 13.2 Å². The molecule has 27 heavy (non-hydrogen) atoms. The van der Waals surface area contributed by atoms with E-state index in [1.54, 1.807) is 0 Å². The molecule has 0 aromatic rings. The normalized spacial score (nSPS) is 48.1. The Morgan fingerprint density at radius 1 is 0.778 bits per heavy atom. The summed E-state index contributed by atoms with van der Waals surface area (Å²) in [5.74, 6) is 1.69. The van der Waals surface area contributed by atoms with Crippen molar-refractivity contribution in [1.82, 2.24) is 4.90 Å². The zero-order valence-corrected chi connectivity index (χ0v) is 16.5. The molecule has 1 radical (unpaired) electrons. The van der Waals surface area contributed by atoms with Crippen LogP contribution in [0.1, 0.15) is 77.0 Å². The van der Waals surface area contributed by atoms with Gasteiger partial charge in [-0.3, -0.25) is 4.90 Å². The molecule has 0 aromatic heterocycles. The first kappa shape index (κ1) is 18.8. The molecule has 0 amide bonds. The van der Waals surface area contributed by atoms with Crippen LogP contribution in [0.15, 0.2) is 0 Å². The van der Waals surface area contributed by atoms with Crippen LogP contribution in [0.5, 0.6) is 0 Å². The fourth-order valence-electron chi connectivity index (χ4n) is 8.01. The van der Waals surface area contributed by atoms with Crippen molar-refractivity contribution in [3.05, 3.63) is 6.42 Å². The number of rotatable bonds is 2. The third-order valence-electron chi connectivity index (χ3n) is 9.04. The third-order valence-corrected chi connectivity index (χ3v) is 9.04. The smallest absolute Gasteiger partial charge is 0.296 e. The van der Waals surface area contributed by atoms with Gasteiger partial charge in [0.15, 0.2) is 0 Å². The van der Waals surface area contributed by atoms with Crippen LogP contribution < -0.4 is 0 Å². The van der Waals surface area contributed by atoms with E-state index in [0.29, 0.717) is 24.4 Å². The van der Waals surface area contributed by atoms with Crippen molar-refractivity contribution in [3.8, 4) is 0 Å².